The number of aryl methyl sites for hydroxylation is 2. The lowest BCUT2D eigenvalue weighted by molar-refractivity contribution is 0.129. The first-order valence-corrected chi connectivity index (χ1v) is 6.74. The smallest absolute Gasteiger partial charge is 0.159 e. The van der Waals surface area contributed by atoms with Crippen LogP contribution >= 0.6 is 0 Å². The van der Waals surface area contributed by atoms with E-state index in [1.54, 1.807) is 12.4 Å². The summed E-state index contributed by atoms with van der Waals surface area (Å²) in [5.74, 6) is -1.59. The molecule has 0 spiro atoms. The molecule has 20 heavy (non-hydrogen) atoms. The molecular formula is C15H18F2N2O. The molecule has 0 unspecified atom stereocenters. The van der Waals surface area contributed by atoms with Crippen molar-refractivity contribution in [3.05, 3.63) is 53.6 Å². The number of hydrogen-bond donors (Lipinski definition) is 1. The normalized spacial score (nSPS) is 10.9. The Hall–Kier alpha value is -1.75. The summed E-state index contributed by atoms with van der Waals surface area (Å²) < 4.78 is 31.2. The summed E-state index contributed by atoms with van der Waals surface area (Å²) in [5, 5.41) is 0. The fraction of sp³-hybridized carbons (Fsp3) is 0.400. The van der Waals surface area contributed by atoms with E-state index >= 15 is 0 Å². The molecule has 5 heteroatoms. The Morgan fingerprint density at radius 2 is 1.85 bits per heavy atom. The molecule has 2 rings (SSSR count). The summed E-state index contributed by atoms with van der Waals surface area (Å²) >= 11 is 0. The predicted octanol–water partition coefficient (Wildman–Crippen LogP) is 3.27. The maximum atomic E-state index is 13.0. The largest absolute Gasteiger partial charge is 0.381 e. The fourth-order valence-corrected chi connectivity index (χ4v) is 1.96. The van der Waals surface area contributed by atoms with E-state index in [1.807, 2.05) is 6.20 Å². The molecule has 1 aromatic carbocycles. The molecular weight excluding hydrogens is 262 g/mol. The van der Waals surface area contributed by atoms with Crippen molar-refractivity contribution in [2.75, 3.05) is 13.2 Å². The summed E-state index contributed by atoms with van der Waals surface area (Å²) in [4.78, 5) is 6.98. The number of rotatable bonds is 8. The maximum Gasteiger partial charge on any atom is 0.159 e. The third-order valence-corrected chi connectivity index (χ3v) is 3.03. The van der Waals surface area contributed by atoms with Gasteiger partial charge in [0.05, 0.1) is 6.33 Å². The van der Waals surface area contributed by atoms with Crippen molar-refractivity contribution in [3.8, 4) is 0 Å². The van der Waals surface area contributed by atoms with E-state index in [4.69, 9.17) is 4.74 Å². The molecule has 0 atom stereocenters. The van der Waals surface area contributed by atoms with Gasteiger partial charge in [-0.3, -0.25) is 0 Å². The Morgan fingerprint density at radius 1 is 1.05 bits per heavy atom. The van der Waals surface area contributed by atoms with Gasteiger partial charge in [-0.1, -0.05) is 6.07 Å². The Morgan fingerprint density at radius 3 is 2.55 bits per heavy atom. The van der Waals surface area contributed by atoms with Crippen molar-refractivity contribution >= 4 is 0 Å². The van der Waals surface area contributed by atoms with Gasteiger partial charge in [0.25, 0.3) is 0 Å². The highest BCUT2D eigenvalue weighted by Gasteiger charge is 2.02. The molecule has 3 nitrogen and oxygen atoms in total. The van der Waals surface area contributed by atoms with Crippen LogP contribution in [0.2, 0.25) is 0 Å². The Bertz CT molecular complexity index is 515. The molecule has 0 fully saturated rings. The standard InChI is InChI=1S/C15H18F2N2O/c16-14-6-5-12(9-15(14)17)3-1-7-20-8-2-4-13-10-18-11-19-13/h5-6,9-11H,1-4,7-8H2,(H,18,19). The molecule has 0 aliphatic carbocycles. The van der Waals surface area contributed by atoms with E-state index in [2.05, 4.69) is 9.97 Å². The summed E-state index contributed by atoms with van der Waals surface area (Å²) in [6.07, 6.45) is 6.82. The molecule has 1 aromatic heterocycles. The summed E-state index contributed by atoms with van der Waals surface area (Å²) in [6.45, 7) is 1.32. The average Bonchev–Trinajstić information content (AvgIpc) is 2.95. The molecule has 0 saturated carbocycles. The maximum absolute atomic E-state index is 13.0. The van der Waals surface area contributed by atoms with Gasteiger partial charge < -0.3 is 9.72 Å². The van der Waals surface area contributed by atoms with Crippen molar-refractivity contribution in [2.45, 2.75) is 25.7 Å². The predicted molar refractivity (Wildman–Crippen MR) is 72.4 cm³/mol. The highest BCUT2D eigenvalue weighted by Crippen LogP contribution is 2.10. The van der Waals surface area contributed by atoms with Crippen LogP contribution in [-0.4, -0.2) is 23.2 Å². The van der Waals surface area contributed by atoms with Gasteiger partial charge in [-0.25, -0.2) is 13.8 Å². The van der Waals surface area contributed by atoms with Crippen molar-refractivity contribution in [1.29, 1.82) is 0 Å². The lowest BCUT2D eigenvalue weighted by Gasteiger charge is -2.04. The number of H-pyrrole nitrogens is 1. The van der Waals surface area contributed by atoms with Gasteiger partial charge in [0.2, 0.25) is 0 Å². The van der Waals surface area contributed by atoms with Gasteiger partial charge in [0.15, 0.2) is 11.6 Å². The topological polar surface area (TPSA) is 37.9 Å². The van der Waals surface area contributed by atoms with Gasteiger partial charge in [-0.2, -0.15) is 0 Å². The molecule has 0 radical (unpaired) electrons. The van der Waals surface area contributed by atoms with Crippen LogP contribution in [0.1, 0.15) is 24.1 Å². The number of ether oxygens (including phenoxy) is 1. The second-order valence-electron chi connectivity index (χ2n) is 4.64. The zero-order valence-corrected chi connectivity index (χ0v) is 11.2. The second-order valence-corrected chi connectivity index (χ2v) is 4.64. The molecule has 0 bridgehead atoms. The number of benzene rings is 1. The molecule has 0 amide bonds. The number of imidazole rings is 1. The van der Waals surface area contributed by atoms with Crippen LogP contribution in [0.3, 0.4) is 0 Å². The highest BCUT2D eigenvalue weighted by molar-refractivity contribution is 5.17. The second kappa shape index (κ2) is 7.75. The number of aromatic amines is 1. The molecule has 2 aromatic rings. The number of nitrogens with zero attached hydrogens (tertiary/aromatic N) is 1. The lowest BCUT2D eigenvalue weighted by atomic mass is 10.1. The monoisotopic (exact) mass is 280 g/mol. The van der Waals surface area contributed by atoms with E-state index in [0.29, 0.717) is 19.6 Å². The van der Waals surface area contributed by atoms with Gasteiger partial charge >= 0.3 is 0 Å². The Labute approximate surface area is 117 Å². The third kappa shape index (κ3) is 4.74. The van der Waals surface area contributed by atoms with E-state index in [-0.39, 0.29) is 0 Å². The first-order chi connectivity index (χ1) is 9.75. The van der Waals surface area contributed by atoms with Crippen LogP contribution in [0.5, 0.6) is 0 Å². The molecule has 108 valence electrons. The first kappa shape index (κ1) is 14.7. The number of halogens is 2. The minimum Gasteiger partial charge on any atom is -0.381 e. The van der Waals surface area contributed by atoms with Crippen molar-refractivity contribution in [2.24, 2.45) is 0 Å². The van der Waals surface area contributed by atoms with Gasteiger partial charge in [0, 0.05) is 25.1 Å². The van der Waals surface area contributed by atoms with Crippen LogP contribution in [0.4, 0.5) is 8.78 Å². The average molecular weight is 280 g/mol. The Kier molecular flexibility index (Phi) is 5.68. The number of hydrogen-bond acceptors (Lipinski definition) is 2. The van der Waals surface area contributed by atoms with E-state index < -0.39 is 11.6 Å². The van der Waals surface area contributed by atoms with E-state index in [9.17, 15) is 8.78 Å². The zero-order valence-electron chi connectivity index (χ0n) is 11.2. The van der Waals surface area contributed by atoms with E-state index in [1.165, 1.54) is 6.07 Å². The van der Waals surface area contributed by atoms with Crippen LogP contribution in [-0.2, 0) is 17.6 Å². The van der Waals surface area contributed by atoms with Crippen molar-refractivity contribution in [3.63, 3.8) is 0 Å². The Balaban J connectivity index is 1.54. The van der Waals surface area contributed by atoms with Crippen molar-refractivity contribution in [1.82, 2.24) is 9.97 Å². The quantitative estimate of drug-likeness (QED) is 0.754. The highest BCUT2D eigenvalue weighted by atomic mass is 19.2. The van der Waals surface area contributed by atoms with Crippen LogP contribution < -0.4 is 0 Å². The lowest BCUT2D eigenvalue weighted by Crippen LogP contribution is -2.00. The number of nitrogens with one attached hydrogen (secondary N) is 1. The van der Waals surface area contributed by atoms with Crippen molar-refractivity contribution < 1.29 is 13.5 Å². The molecule has 0 aliphatic rings. The molecule has 0 aliphatic heterocycles. The van der Waals surface area contributed by atoms with Crippen LogP contribution in [0.15, 0.2) is 30.7 Å². The first-order valence-electron chi connectivity index (χ1n) is 6.74. The molecule has 0 saturated heterocycles. The summed E-state index contributed by atoms with van der Waals surface area (Å²) in [7, 11) is 0. The minimum absolute atomic E-state index is 0.627. The van der Waals surface area contributed by atoms with Crippen LogP contribution in [0.25, 0.3) is 0 Å². The van der Waals surface area contributed by atoms with Gasteiger partial charge in [-0.15, -0.1) is 0 Å². The fourth-order valence-electron chi connectivity index (χ4n) is 1.96. The van der Waals surface area contributed by atoms with E-state index in [0.717, 1.165) is 36.6 Å². The van der Waals surface area contributed by atoms with Gasteiger partial charge in [-0.05, 0) is 43.4 Å². The molecule has 1 heterocycles. The zero-order chi connectivity index (χ0) is 14.2. The molecule has 1 N–H and O–H groups in total. The summed E-state index contributed by atoms with van der Waals surface area (Å²) in [5.41, 5.74) is 1.90. The number of aromatic nitrogens is 2. The minimum atomic E-state index is -0.802. The third-order valence-electron chi connectivity index (χ3n) is 3.03. The van der Waals surface area contributed by atoms with Gasteiger partial charge in [0.1, 0.15) is 0 Å². The van der Waals surface area contributed by atoms with Crippen LogP contribution in [0, 0.1) is 11.6 Å². The summed E-state index contributed by atoms with van der Waals surface area (Å²) in [6, 6.07) is 4.01. The SMILES string of the molecule is Fc1ccc(CCCOCCCc2cnc[nH]2)cc1F.